The molecule has 0 unspecified atom stereocenters. The number of nitrogens with zero attached hydrogens (tertiary/aromatic N) is 1. The maximum absolute atomic E-state index is 12.0. The van der Waals surface area contributed by atoms with Gasteiger partial charge in [-0.25, -0.2) is 0 Å². The third kappa shape index (κ3) is 1.66. The van der Waals surface area contributed by atoms with E-state index < -0.39 is 0 Å². The van der Waals surface area contributed by atoms with Gasteiger partial charge in [-0.15, -0.1) is 0 Å². The fraction of sp³-hybridized carbons (Fsp3) is 0.636. The van der Waals surface area contributed by atoms with Crippen LogP contribution in [0.4, 0.5) is 5.69 Å². The predicted molar refractivity (Wildman–Crippen MR) is 62.1 cm³/mol. The molecule has 1 aliphatic rings. The summed E-state index contributed by atoms with van der Waals surface area (Å²) in [6.45, 7) is 3.90. The largest absolute Gasteiger partial charge is 0.395 e. The van der Waals surface area contributed by atoms with Crippen LogP contribution in [0.5, 0.6) is 0 Å². The lowest BCUT2D eigenvalue weighted by Crippen LogP contribution is -2.53. The van der Waals surface area contributed by atoms with Crippen molar-refractivity contribution in [3.8, 4) is 0 Å². The number of carbonyl (C=O) groups excluding carboxylic acids is 1. The third-order valence-corrected chi connectivity index (χ3v) is 3.58. The van der Waals surface area contributed by atoms with Crippen molar-refractivity contribution >= 4 is 11.6 Å². The Kier molecular flexibility index (Phi) is 2.61. The van der Waals surface area contributed by atoms with E-state index in [9.17, 15) is 4.79 Å². The summed E-state index contributed by atoms with van der Waals surface area (Å²) >= 11 is 0. The number of amides is 1. The van der Waals surface area contributed by atoms with Crippen LogP contribution in [0, 0.1) is 6.92 Å². The van der Waals surface area contributed by atoms with Gasteiger partial charge in [0.15, 0.2) is 5.69 Å². The van der Waals surface area contributed by atoms with Gasteiger partial charge in [0.05, 0.1) is 11.4 Å². The molecule has 1 amide bonds. The minimum absolute atomic E-state index is 0.0175. The van der Waals surface area contributed by atoms with Crippen LogP contribution in [-0.4, -0.2) is 21.6 Å². The molecule has 0 atom stereocenters. The zero-order chi connectivity index (χ0) is 11.8. The van der Waals surface area contributed by atoms with Crippen molar-refractivity contribution in [3.63, 3.8) is 0 Å². The first-order valence-electron chi connectivity index (χ1n) is 5.71. The van der Waals surface area contributed by atoms with Gasteiger partial charge < -0.3 is 11.1 Å². The number of nitrogens with two attached hydrogens (primary N) is 1. The van der Waals surface area contributed by atoms with Crippen molar-refractivity contribution < 1.29 is 4.79 Å². The first kappa shape index (κ1) is 11.0. The van der Waals surface area contributed by atoms with E-state index in [-0.39, 0.29) is 11.4 Å². The summed E-state index contributed by atoms with van der Waals surface area (Å²) in [5.74, 6) is -0.164. The van der Waals surface area contributed by atoms with E-state index in [1.165, 1.54) is 6.42 Å². The number of aryl methyl sites for hydroxylation is 1. The molecule has 5 heteroatoms. The number of nitrogens with one attached hydrogen (secondary N) is 2. The average molecular weight is 222 g/mol. The molecule has 88 valence electrons. The van der Waals surface area contributed by atoms with E-state index in [2.05, 4.69) is 22.4 Å². The Morgan fingerprint density at radius 1 is 1.62 bits per heavy atom. The smallest absolute Gasteiger partial charge is 0.274 e. The molecular weight excluding hydrogens is 204 g/mol. The number of hydrogen-bond acceptors (Lipinski definition) is 3. The molecule has 0 spiro atoms. The lowest BCUT2D eigenvalue weighted by molar-refractivity contribution is 0.0816. The van der Waals surface area contributed by atoms with Gasteiger partial charge in [0.2, 0.25) is 0 Å². The highest BCUT2D eigenvalue weighted by molar-refractivity contribution is 5.98. The minimum atomic E-state index is -0.164. The molecule has 1 heterocycles. The fourth-order valence-electron chi connectivity index (χ4n) is 2.08. The van der Waals surface area contributed by atoms with Gasteiger partial charge in [-0.1, -0.05) is 6.92 Å². The first-order chi connectivity index (χ1) is 7.58. The van der Waals surface area contributed by atoms with Crippen LogP contribution in [0.1, 0.15) is 48.8 Å². The summed E-state index contributed by atoms with van der Waals surface area (Å²) < 4.78 is 0. The van der Waals surface area contributed by atoms with Gasteiger partial charge in [-0.05, 0) is 32.6 Å². The van der Waals surface area contributed by atoms with Crippen molar-refractivity contribution in [1.82, 2.24) is 15.5 Å². The molecule has 0 saturated heterocycles. The van der Waals surface area contributed by atoms with Crippen molar-refractivity contribution in [2.24, 2.45) is 0 Å². The van der Waals surface area contributed by atoms with Crippen LogP contribution in [0.15, 0.2) is 0 Å². The number of rotatable bonds is 3. The van der Waals surface area contributed by atoms with Gasteiger partial charge in [0, 0.05) is 5.54 Å². The average Bonchev–Trinajstić information content (AvgIpc) is 2.54. The van der Waals surface area contributed by atoms with Crippen molar-refractivity contribution in [2.75, 3.05) is 5.73 Å². The van der Waals surface area contributed by atoms with Gasteiger partial charge in [0.25, 0.3) is 5.91 Å². The summed E-state index contributed by atoms with van der Waals surface area (Å²) in [4.78, 5) is 12.0. The van der Waals surface area contributed by atoms with E-state index in [1.807, 2.05) is 0 Å². The number of hydrogen-bond donors (Lipinski definition) is 3. The molecule has 5 nitrogen and oxygen atoms in total. The van der Waals surface area contributed by atoms with E-state index in [4.69, 9.17) is 5.73 Å². The summed E-state index contributed by atoms with van der Waals surface area (Å²) in [5.41, 5.74) is 7.26. The third-order valence-electron chi connectivity index (χ3n) is 3.58. The second kappa shape index (κ2) is 3.81. The number of aromatic nitrogens is 2. The number of aromatic amines is 1. The highest BCUT2D eigenvalue weighted by Crippen LogP contribution is 2.35. The maximum Gasteiger partial charge on any atom is 0.274 e. The van der Waals surface area contributed by atoms with Crippen molar-refractivity contribution in [2.45, 2.75) is 45.1 Å². The lowest BCUT2D eigenvalue weighted by Gasteiger charge is -2.41. The molecule has 1 saturated carbocycles. The molecule has 1 aromatic heterocycles. The first-order valence-corrected chi connectivity index (χ1v) is 5.71. The van der Waals surface area contributed by atoms with Gasteiger partial charge in [0.1, 0.15) is 0 Å². The maximum atomic E-state index is 12.0. The van der Waals surface area contributed by atoms with Gasteiger partial charge in [-0.2, -0.15) is 5.10 Å². The Morgan fingerprint density at radius 2 is 2.31 bits per heavy atom. The molecule has 1 aromatic rings. The summed E-state index contributed by atoms with van der Waals surface area (Å²) in [7, 11) is 0. The molecule has 0 bridgehead atoms. The number of anilines is 1. The zero-order valence-corrected chi connectivity index (χ0v) is 9.76. The predicted octanol–water partition coefficient (Wildman–Crippen LogP) is 1.36. The molecular formula is C11H18N4O. The normalized spacial score (nSPS) is 17.9. The SMILES string of the molecule is CCC1(NC(=O)c2n[nH]c(C)c2N)CCC1. The van der Waals surface area contributed by atoms with E-state index in [1.54, 1.807) is 6.92 Å². The zero-order valence-electron chi connectivity index (χ0n) is 9.76. The Morgan fingerprint density at radius 3 is 2.69 bits per heavy atom. The highest BCUT2D eigenvalue weighted by Gasteiger charge is 2.37. The van der Waals surface area contributed by atoms with Gasteiger partial charge >= 0.3 is 0 Å². The standard InChI is InChI=1S/C11H18N4O/c1-3-11(5-4-6-11)13-10(16)9-8(12)7(2)14-15-9/h3-6,12H2,1-2H3,(H,13,16)(H,14,15). The molecule has 1 fully saturated rings. The quantitative estimate of drug-likeness (QED) is 0.722. The number of carbonyl (C=O) groups is 1. The number of H-pyrrole nitrogens is 1. The summed E-state index contributed by atoms with van der Waals surface area (Å²) in [5, 5.41) is 9.70. The van der Waals surface area contributed by atoms with E-state index in [0.717, 1.165) is 25.0 Å². The Hall–Kier alpha value is -1.52. The van der Waals surface area contributed by atoms with Crippen molar-refractivity contribution in [1.29, 1.82) is 0 Å². The van der Waals surface area contributed by atoms with Crippen LogP contribution in [0.25, 0.3) is 0 Å². The molecule has 0 radical (unpaired) electrons. The Bertz CT molecular complexity index is 401. The second-order valence-electron chi connectivity index (χ2n) is 4.55. The Balaban J connectivity index is 2.11. The van der Waals surface area contributed by atoms with E-state index in [0.29, 0.717) is 11.4 Å². The van der Waals surface area contributed by atoms with Crippen LogP contribution in [-0.2, 0) is 0 Å². The van der Waals surface area contributed by atoms with Crippen LogP contribution in [0.2, 0.25) is 0 Å². The number of nitrogen functional groups attached to an aromatic ring is 1. The van der Waals surface area contributed by atoms with Crippen molar-refractivity contribution in [3.05, 3.63) is 11.4 Å². The van der Waals surface area contributed by atoms with Crippen LogP contribution in [0.3, 0.4) is 0 Å². The monoisotopic (exact) mass is 222 g/mol. The second-order valence-corrected chi connectivity index (χ2v) is 4.55. The molecule has 4 N–H and O–H groups in total. The van der Waals surface area contributed by atoms with E-state index >= 15 is 0 Å². The molecule has 0 aromatic carbocycles. The summed E-state index contributed by atoms with van der Waals surface area (Å²) in [6, 6.07) is 0. The lowest BCUT2D eigenvalue weighted by atomic mass is 9.75. The fourth-order valence-corrected chi connectivity index (χ4v) is 2.08. The highest BCUT2D eigenvalue weighted by atomic mass is 16.2. The van der Waals surface area contributed by atoms with Crippen LogP contribution >= 0.6 is 0 Å². The Labute approximate surface area is 94.8 Å². The summed E-state index contributed by atoms with van der Waals surface area (Å²) in [6.07, 6.45) is 4.25. The molecule has 1 aliphatic carbocycles. The molecule has 16 heavy (non-hydrogen) atoms. The van der Waals surface area contributed by atoms with Gasteiger partial charge in [-0.3, -0.25) is 9.89 Å². The molecule has 0 aliphatic heterocycles. The minimum Gasteiger partial charge on any atom is -0.395 e. The molecule has 2 rings (SSSR count). The van der Waals surface area contributed by atoms with Crippen LogP contribution < -0.4 is 11.1 Å². The topological polar surface area (TPSA) is 83.8 Å².